The van der Waals surface area contributed by atoms with Gasteiger partial charge in [0.25, 0.3) is 0 Å². The van der Waals surface area contributed by atoms with E-state index >= 15 is 0 Å². The third kappa shape index (κ3) is 3.09. The lowest BCUT2D eigenvalue weighted by Gasteiger charge is -2.24. The molecule has 0 spiro atoms. The quantitative estimate of drug-likeness (QED) is 0.730. The van der Waals surface area contributed by atoms with E-state index in [9.17, 15) is 13.2 Å². The number of carbonyl (C=O) groups is 1. The molecule has 0 bridgehead atoms. The van der Waals surface area contributed by atoms with Crippen LogP contribution in [0, 0.1) is 0 Å². The smallest absolute Gasteiger partial charge is 0.326 e. The van der Waals surface area contributed by atoms with Gasteiger partial charge in [0.1, 0.15) is 5.60 Å². The molecule has 2 rings (SSSR count). The number of carbonyl (C=O) groups excluding carboxylic acids is 1. The van der Waals surface area contributed by atoms with E-state index in [2.05, 4.69) is 5.32 Å². The molecule has 2 saturated heterocycles. The molecule has 110 valence electrons. The number of nitrogens with zero attached hydrogens (tertiary/aromatic N) is 1. The first kappa shape index (κ1) is 14.7. The Morgan fingerprint density at radius 2 is 2.00 bits per heavy atom. The summed E-state index contributed by atoms with van der Waals surface area (Å²) >= 11 is 0. The van der Waals surface area contributed by atoms with Crippen LogP contribution in [-0.4, -0.2) is 55.2 Å². The molecule has 2 heterocycles. The highest BCUT2D eigenvalue weighted by molar-refractivity contribution is 7.90. The summed E-state index contributed by atoms with van der Waals surface area (Å²) in [6, 6.07) is -0.0163. The van der Waals surface area contributed by atoms with Crippen LogP contribution < -0.4 is 5.32 Å². The van der Waals surface area contributed by atoms with Crippen LogP contribution in [0.4, 0.5) is 0 Å². The van der Waals surface area contributed by atoms with Crippen molar-refractivity contribution < 1.29 is 17.9 Å². The first-order valence-corrected chi connectivity index (χ1v) is 8.16. The first-order valence-electron chi connectivity index (χ1n) is 6.66. The molecule has 0 radical (unpaired) electrons. The van der Waals surface area contributed by atoms with E-state index in [1.54, 1.807) is 20.8 Å². The molecule has 2 aliphatic heterocycles. The molecular weight excluding hydrogens is 268 g/mol. The van der Waals surface area contributed by atoms with Crippen molar-refractivity contribution in [2.24, 2.45) is 0 Å². The van der Waals surface area contributed by atoms with E-state index < -0.39 is 26.8 Å². The molecule has 6 nitrogen and oxygen atoms in total. The van der Waals surface area contributed by atoms with Gasteiger partial charge in [-0.05, 0) is 40.2 Å². The van der Waals surface area contributed by atoms with Crippen LogP contribution in [0.25, 0.3) is 0 Å². The summed E-state index contributed by atoms with van der Waals surface area (Å²) in [5, 5.41) is 2.11. The molecule has 0 saturated carbocycles. The summed E-state index contributed by atoms with van der Waals surface area (Å²) in [5.41, 5.74) is -0.658. The number of hydrogen-bond acceptors (Lipinski definition) is 5. The van der Waals surface area contributed by atoms with E-state index in [0.29, 0.717) is 19.5 Å². The zero-order valence-corrected chi connectivity index (χ0v) is 12.5. The number of esters is 1. The van der Waals surface area contributed by atoms with E-state index in [0.717, 1.165) is 13.0 Å². The lowest BCUT2D eigenvalue weighted by Crippen LogP contribution is -2.42. The highest BCUT2D eigenvalue weighted by atomic mass is 32.2. The highest BCUT2D eigenvalue weighted by Gasteiger charge is 2.48. The summed E-state index contributed by atoms with van der Waals surface area (Å²) in [4.78, 5) is 12.0. The van der Waals surface area contributed by atoms with Crippen LogP contribution in [0.15, 0.2) is 0 Å². The van der Waals surface area contributed by atoms with Gasteiger partial charge in [0, 0.05) is 19.1 Å². The standard InChI is InChI=1S/C12H22N2O4S/c1-12(2,3)18-11(15)10-5-7-14(19(10,16)17)9-4-6-13-8-9/h9-10,13H,4-8H2,1-3H3. The zero-order valence-electron chi connectivity index (χ0n) is 11.7. The van der Waals surface area contributed by atoms with Gasteiger partial charge in [-0.15, -0.1) is 0 Å². The Labute approximate surface area is 114 Å². The minimum atomic E-state index is -3.56. The van der Waals surface area contributed by atoms with Crippen LogP contribution in [0.2, 0.25) is 0 Å². The molecule has 0 aliphatic carbocycles. The van der Waals surface area contributed by atoms with Crippen molar-refractivity contribution in [3.8, 4) is 0 Å². The second kappa shape index (κ2) is 5.03. The Bertz CT molecular complexity index is 449. The first-order chi connectivity index (χ1) is 8.72. The maximum Gasteiger partial charge on any atom is 0.326 e. The van der Waals surface area contributed by atoms with E-state index in [1.165, 1.54) is 4.31 Å². The second-order valence-corrected chi connectivity index (χ2v) is 8.18. The monoisotopic (exact) mass is 290 g/mol. The average Bonchev–Trinajstić information content (AvgIpc) is 2.81. The molecule has 19 heavy (non-hydrogen) atoms. The Hall–Kier alpha value is -0.660. The Morgan fingerprint density at radius 3 is 2.53 bits per heavy atom. The third-order valence-electron chi connectivity index (χ3n) is 3.41. The van der Waals surface area contributed by atoms with E-state index in [4.69, 9.17) is 4.74 Å². The predicted octanol–water partition coefficient (Wildman–Crippen LogP) is 0.0941. The zero-order chi connectivity index (χ0) is 14.3. The van der Waals surface area contributed by atoms with Gasteiger partial charge in [-0.25, -0.2) is 8.42 Å². The fraction of sp³-hybridized carbons (Fsp3) is 0.917. The van der Waals surface area contributed by atoms with Gasteiger partial charge in [0.05, 0.1) is 0 Å². The van der Waals surface area contributed by atoms with Crippen LogP contribution in [-0.2, 0) is 19.6 Å². The minimum Gasteiger partial charge on any atom is -0.459 e. The minimum absolute atomic E-state index is 0.0163. The van der Waals surface area contributed by atoms with Gasteiger partial charge in [0.15, 0.2) is 5.25 Å². The van der Waals surface area contributed by atoms with E-state index in [-0.39, 0.29) is 6.04 Å². The molecule has 2 atom stereocenters. The van der Waals surface area contributed by atoms with Crippen LogP contribution >= 0.6 is 0 Å². The van der Waals surface area contributed by atoms with Crippen LogP contribution in [0.3, 0.4) is 0 Å². The summed E-state index contributed by atoms with van der Waals surface area (Å²) in [6.45, 7) is 7.13. The van der Waals surface area contributed by atoms with Crippen molar-refractivity contribution >= 4 is 16.0 Å². The summed E-state index contributed by atoms with van der Waals surface area (Å²) in [6.07, 6.45) is 1.13. The number of nitrogens with one attached hydrogen (secondary N) is 1. The lowest BCUT2D eigenvalue weighted by atomic mass is 10.2. The predicted molar refractivity (Wildman–Crippen MR) is 71.2 cm³/mol. The van der Waals surface area contributed by atoms with Crippen LogP contribution in [0.1, 0.15) is 33.6 Å². The molecular formula is C12H22N2O4S. The Kier molecular flexibility index (Phi) is 3.90. The summed E-state index contributed by atoms with van der Waals surface area (Å²) < 4.78 is 31.5. The van der Waals surface area contributed by atoms with Gasteiger partial charge in [0.2, 0.25) is 10.0 Å². The lowest BCUT2D eigenvalue weighted by molar-refractivity contribution is -0.154. The molecule has 0 aromatic carbocycles. The molecule has 2 unspecified atom stereocenters. The molecule has 0 aromatic heterocycles. The van der Waals surface area contributed by atoms with Crippen LogP contribution in [0.5, 0.6) is 0 Å². The molecule has 0 amide bonds. The van der Waals surface area contributed by atoms with Gasteiger partial charge < -0.3 is 10.1 Å². The maximum absolute atomic E-state index is 12.4. The van der Waals surface area contributed by atoms with Crippen molar-refractivity contribution in [3.05, 3.63) is 0 Å². The topological polar surface area (TPSA) is 75.7 Å². The fourth-order valence-electron chi connectivity index (χ4n) is 2.57. The van der Waals surface area contributed by atoms with Gasteiger partial charge in [-0.3, -0.25) is 4.79 Å². The third-order valence-corrected chi connectivity index (χ3v) is 5.69. The normalized spacial score (nSPS) is 31.5. The van der Waals surface area contributed by atoms with E-state index in [1.807, 2.05) is 0 Å². The molecule has 7 heteroatoms. The van der Waals surface area contributed by atoms with Gasteiger partial charge in [-0.2, -0.15) is 4.31 Å². The summed E-state index contributed by atoms with van der Waals surface area (Å²) in [5.74, 6) is -0.624. The fourth-order valence-corrected chi connectivity index (χ4v) is 4.54. The molecule has 2 aliphatic rings. The largest absolute Gasteiger partial charge is 0.459 e. The van der Waals surface area contributed by atoms with Crippen molar-refractivity contribution in [3.63, 3.8) is 0 Å². The van der Waals surface area contributed by atoms with Crippen molar-refractivity contribution in [1.82, 2.24) is 9.62 Å². The maximum atomic E-state index is 12.4. The molecule has 1 N–H and O–H groups in total. The van der Waals surface area contributed by atoms with Gasteiger partial charge in [-0.1, -0.05) is 0 Å². The number of hydrogen-bond donors (Lipinski definition) is 1. The number of ether oxygens (including phenoxy) is 1. The highest BCUT2D eigenvalue weighted by Crippen LogP contribution is 2.28. The van der Waals surface area contributed by atoms with Crippen molar-refractivity contribution in [2.75, 3.05) is 19.6 Å². The Balaban J connectivity index is 2.10. The Morgan fingerprint density at radius 1 is 1.32 bits per heavy atom. The number of sulfonamides is 1. The average molecular weight is 290 g/mol. The van der Waals surface area contributed by atoms with Crippen molar-refractivity contribution in [2.45, 2.75) is 50.5 Å². The molecule has 2 fully saturated rings. The second-order valence-electron chi connectivity index (χ2n) is 6.11. The molecule has 0 aromatic rings. The van der Waals surface area contributed by atoms with Gasteiger partial charge >= 0.3 is 5.97 Å². The number of rotatable bonds is 2. The SMILES string of the molecule is CC(C)(C)OC(=O)C1CCN(C2CCNC2)S1(=O)=O. The van der Waals surface area contributed by atoms with Crippen molar-refractivity contribution in [1.29, 1.82) is 0 Å². The summed E-state index contributed by atoms with van der Waals surface area (Å²) in [7, 11) is -3.56.